The Hall–Kier alpha value is -0.830. The Kier molecular flexibility index (Phi) is 3.21. The number of hydrogen-bond acceptors (Lipinski definition) is 3. The fourth-order valence-electron chi connectivity index (χ4n) is 1.59. The zero-order chi connectivity index (χ0) is 12.7. The molecule has 2 unspecified atom stereocenters. The van der Waals surface area contributed by atoms with Crippen molar-refractivity contribution in [3.8, 4) is 0 Å². The average molecular weight is 261 g/mol. The van der Waals surface area contributed by atoms with Crippen molar-refractivity contribution < 1.29 is 31.5 Å². The molecular formula is C7H10F3NO4S. The van der Waals surface area contributed by atoms with Gasteiger partial charge in [0.25, 0.3) is 0 Å². The summed E-state index contributed by atoms with van der Waals surface area (Å²) < 4.78 is 58.6. The van der Waals surface area contributed by atoms with Crippen LogP contribution in [0.5, 0.6) is 0 Å². The van der Waals surface area contributed by atoms with E-state index in [4.69, 9.17) is 5.11 Å². The molecule has 1 rings (SSSR count). The molecule has 1 aliphatic rings. The van der Waals surface area contributed by atoms with E-state index in [9.17, 15) is 26.4 Å². The van der Waals surface area contributed by atoms with Gasteiger partial charge in [0.05, 0.1) is 5.92 Å². The Morgan fingerprint density at radius 3 is 2.19 bits per heavy atom. The van der Waals surface area contributed by atoms with Crippen LogP contribution >= 0.6 is 0 Å². The van der Waals surface area contributed by atoms with Crippen LogP contribution < -0.4 is 0 Å². The predicted molar refractivity (Wildman–Crippen MR) is 46.8 cm³/mol. The molecule has 5 nitrogen and oxygen atoms in total. The van der Waals surface area contributed by atoms with Crippen LogP contribution in [0, 0.1) is 11.8 Å². The Bertz CT molecular complexity index is 391. The highest BCUT2D eigenvalue weighted by Crippen LogP contribution is 2.33. The van der Waals surface area contributed by atoms with Crippen LogP contribution in [0.25, 0.3) is 0 Å². The van der Waals surface area contributed by atoms with E-state index >= 15 is 0 Å². The van der Waals surface area contributed by atoms with Gasteiger partial charge in [-0.25, -0.2) is 8.42 Å². The minimum Gasteiger partial charge on any atom is -0.481 e. The maximum atomic E-state index is 12.2. The molecular weight excluding hydrogens is 251 g/mol. The molecule has 0 spiro atoms. The molecule has 0 aromatic carbocycles. The fraction of sp³-hybridized carbons (Fsp3) is 0.857. The predicted octanol–water partition coefficient (Wildman–Crippen LogP) is 0.489. The third-order valence-electron chi connectivity index (χ3n) is 2.53. The SMILES string of the molecule is CC1CN(S(=O)(=O)C(F)(F)F)CC1C(=O)O. The van der Waals surface area contributed by atoms with E-state index in [0.717, 1.165) is 0 Å². The first-order valence-corrected chi connectivity index (χ1v) is 5.80. The lowest BCUT2D eigenvalue weighted by Gasteiger charge is -2.17. The first-order valence-electron chi connectivity index (χ1n) is 4.36. The van der Waals surface area contributed by atoms with Crippen molar-refractivity contribution in [2.75, 3.05) is 13.1 Å². The highest BCUT2D eigenvalue weighted by Gasteiger charge is 2.53. The molecule has 0 radical (unpaired) electrons. The van der Waals surface area contributed by atoms with Gasteiger partial charge < -0.3 is 5.11 Å². The van der Waals surface area contributed by atoms with Crippen LogP contribution in [0.1, 0.15) is 6.92 Å². The fourth-order valence-corrected chi connectivity index (χ4v) is 2.67. The molecule has 1 heterocycles. The lowest BCUT2D eigenvalue weighted by molar-refractivity contribution is -0.142. The second-order valence-corrected chi connectivity index (χ2v) is 5.62. The van der Waals surface area contributed by atoms with Gasteiger partial charge in [0.15, 0.2) is 0 Å². The average Bonchev–Trinajstić information content (AvgIpc) is 2.45. The summed E-state index contributed by atoms with van der Waals surface area (Å²) in [7, 11) is -5.41. The normalized spacial score (nSPS) is 28.2. The second kappa shape index (κ2) is 3.88. The Morgan fingerprint density at radius 1 is 1.38 bits per heavy atom. The molecule has 0 aromatic heterocycles. The van der Waals surface area contributed by atoms with Crippen LogP contribution in [0.15, 0.2) is 0 Å². The molecule has 0 amide bonds. The van der Waals surface area contributed by atoms with Crippen molar-refractivity contribution >= 4 is 16.0 Å². The van der Waals surface area contributed by atoms with E-state index in [-0.39, 0.29) is 4.31 Å². The summed E-state index contributed by atoms with van der Waals surface area (Å²) in [4.78, 5) is 10.6. The summed E-state index contributed by atoms with van der Waals surface area (Å²) in [6, 6.07) is 0. The van der Waals surface area contributed by atoms with Gasteiger partial charge in [-0.3, -0.25) is 4.79 Å². The van der Waals surface area contributed by atoms with E-state index in [2.05, 4.69) is 0 Å². The molecule has 1 saturated heterocycles. The smallest absolute Gasteiger partial charge is 0.481 e. The number of aliphatic carboxylic acids is 1. The van der Waals surface area contributed by atoms with Gasteiger partial charge in [0, 0.05) is 13.1 Å². The minimum atomic E-state index is -5.41. The van der Waals surface area contributed by atoms with Crippen LogP contribution in [-0.4, -0.2) is 42.4 Å². The number of carboxylic acids is 1. The van der Waals surface area contributed by atoms with Crippen molar-refractivity contribution in [1.82, 2.24) is 4.31 Å². The molecule has 0 bridgehead atoms. The van der Waals surface area contributed by atoms with E-state index in [1.165, 1.54) is 6.92 Å². The third kappa shape index (κ3) is 2.14. The molecule has 9 heteroatoms. The first-order chi connectivity index (χ1) is 7.07. The molecule has 0 saturated carbocycles. The highest BCUT2D eigenvalue weighted by atomic mass is 32.2. The van der Waals surface area contributed by atoms with Gasteiger partial charge in [-0.05, 0) is 5.92 Å². The van der Waals surface area contributed by atoms with Crippen LogP contribution in [0.4, 0.5) is 13.2 Å². The van der Waals surface area contributed by atoms with Crippen molar-refractivity contribution in [2.45, 2.75) is 12.4 Å². The Morgan fingerprint density at radius 2 is 1.88 bits per heavy atom. The summed E-state index contributed by atoms with van der Waals surface area (Å²) in [6.45, 7) is 0.363. The van der Waals surface area contributed by atoms with Gasteiger partial charge in [-0.15, -0.1) is 0 Å². The van der Waals surface area contributed by atoms with Crippen LogP contribution in [0.2, 0.25) is 0 Å². The third-order valence-corrected chi connectivity index (χ3v) is 4.09. The van der Waals surface area contributed by atoms with Gasteiger partial charge >= 0.3 is 21.5 Å². The number of rotatable bonds is 2. The number of carbonyl (C=O) groups is 1. The molecule has 0 aliphatic carbocycles. The van der Waals surface area contributed by atoms with Gasteiger partial charge in [0.2, 0.25) is 0 Å². The monoisotopic (exact) mass is 261 g/mol. The van der Waals surface area contributed by atoms with Gasteiger partial charge in [0.1, 0.15) is 0 Å². The molecule has 2 atom stereocenters. The highest BCUT2D eigenvalue weighted by molar-refractivity contribution is 7.90. The molecule has 1 fully saturated rings. The molecule has 0 aromatic rings. The molecule has 1 aliphatic heterocycles. The maximum absolute atomic E-state index is 12.2. The number of carboxylic acid groups (broad SMARTS) is 1. The number of alkyl halides is 3. The van der Waals surface area contributed by atoms with Crippen molar-refractivity contribution in [3.05, 3.63) is 0 Å². The number of sulfonamides is 1. The van der Waals surface area contributed by atoms with Crippen LogP contribution in [0.3, 0.4) is 0 Å². The quantitative estimate of drug-likeness (QED) is 0.785. The lowest BCUT2D eigenvalue weighted by atomic mass is 9.99. The van der Waals surface area contributed by atoms with Crippen molar-refractivity contribution in [3.63, 3.8) is 0 Å². The lowest BCUT2D eigenvalue weighted by Crippen LogP contribution is -2.39. The zero-order valence-electron chi connectivity index (χ0n) is 8.23. The summed E-state index contributed by atoms with van der Waals surface area (Å²) >= 11 is 0. The van der Waals surface area contributed by atoms with Crippen LogP contribution in [-0.2, 0) is 14.8 Å². The van der Waals surface area contributed by atoms with E-state index < -0.39 is 46.4 Å². The van der Waals surface area contributed by atoms with Crippen molar-refractivity contribution in [2.24, 2.45) is 11.8 Å². The van der Waals surface area contributed by atoms with E-state index in [0.29, 0.717) is 0 Å². The number of nitrogens with zero attached hydrogens (tertiary/aromatic N) is 1. The maximum Gasteiger partial charge on any atom is 0.511 e. The molecule has 94 valence electrons. The Balaban J connectivity index is 2.92. The van der Waals surface area contributed by atoms with Gasteiger partial charge in [-0.2, -0.15) is 17.5 Å². The number of halogens is 3. The molecule has 1 N–H and O–H groups in total. The summed E-state index contributed by atoms with van der Waals surface area (Å²) in [5, 5.41) is 8.67. The standard InChI is InChI=1S/C7H10F3NO4S/c1-4-2-11(3-5(4)6(12)13)16(14,15)7(8,9)10/h4-5H,2-3H2,1H3,(H,12,13). The number of hydrogen-bond donors (Lipinski definition) is 1. The minimum absolute atomic E-state index is 0.177. The van der Waals surface area contributed by atoms with Gasteiger partial charge in [-0.1, -0.05) is 6.92 Å². The summed E-state index contributed by atoms with van der Waals surface area (Å²) in [5.74, 6) is -3.00. The molecule has 16 heavy (non-hydrogen) atoms. The second-order valence-electron chi connectivity index (χ2n) is 3.69. The van der Waals surface area contributed by atoms with Crippen molar-refractivity contribution in [1.29, 1.82) is 0 Å². The summed E-state index contributed by atoms with van der Waals surface area (Å²) in [5.41, 5.74) is -5.37. The van der Waals surface area contributed by atoms with E-state index in [1.54, 1.807) is 0 Å². The first kappa shape index (κ1) is 13.2. The van der Waals surface area contributed by atoms with E-state index in [1.807, 2.05) is 0 Å². The largest absolute Gasteiger partial charge is 0.511 e. The zero-order valence-corrected chi connectivity index (χ0v) is 9.05. The Labute approximate surface area is 89.9 Å². The topological polar surface area (TPSA) is 74.7 Å². The summed E-state index contributed by atoms with van der Waals surface area (Å²) in [6.07, 6.45) is 0.